The van der Waals surface area contributed by atoms with Crippen molar-refractivity contribution in [3.8, 4) is 0 Å². The molecule has 2 nitrogen and oxygen atoms in total. The van der Waals surface area contributed by atoms with Gasteiger partial charge in [0.05, 0.1) is 10.5 Å². The number of halogens is 1. The molecule has 0 aliphatic heterocycles. The molecule has 3 heteroatoms. The van der Waals surface area contributed by atoms with E-state index in [0.29, 0.717) is 0 Å². The van der Waals surface area contributed by atoms with Gasteiger partial charge < -0.3 is 5.32 Å². The summed E-state index contributed by atoms with van der Waals surface area (Å²) in [7, 11) is 0. The van der Waals surface area contributed by atoms with Crippen LogP contribution in [-0.2, 0) is 19.4 Å². The normalized spacial score (nSPS) is 13.9. The van der Waals surface area contributed by atoms with E-state index in [-0.39, 0.29) is 0 Å². The summed E-state index contributed by atoms with van der Waals surface area (Å²) in [6, 6.07) is 6.12. The molecule has 0 amide bonds. The van der Waals surface area contributed by atoms with Gasteiger partial charge in [-0.15, -0.1) is 0 Å². The molecule has 2 aromatic rings. The van der Waals surface area contributed by atoms with Crippen molar-refractivity contribution in [2.75, 3.05) is 6.54 Å². The monoisotopic (exact) mass is 288 g/mol. The van der Waals surface area contributed by atoms with Crippen molar-refractivity contribution in [1.82, 2.24) is 10.3 Å². The molecule has 1 aromatic heterocycles. The van der Waals surface area contributed by atoms with Crippen LogP contribution in [0.15, 0.2) is 18.2 Å². The fraction of sp³-hybridized carbons (Fsp3) is 0.471. The molecular formula is C17H21ClN2. The van der Waals surface area contributed by atoms with Crippen molar-refractivity contribution in [1.29, 1.82) is 0 Å². The highest BCUT2D eigenvalue weighted by atomic mass is 35.5. The summed E-state index contributed by atoms with van der Waals surface area (Å²) in [6.07, 6.45) is 5.94. The fourth-order valence-corrected chi connectivity index (χ4v) is 3.28. The van der Waals surface area contributed by atoms with Crippen LogP contribution in [0.4, 0.5) is 0 Å². The van der Waals surface area contributed by atoms with Gasteiger partial charge in [0.2, 0.25) is 0 Å². The SMILES string of the molecule is CCCCNCc1c2c(nc3c(Cl)cccc13)CCC2. The van der Waals surface area contributed by atoms with Crippen LogP contribution in [0.3, 0.4) is 0 Å². The first-order valence-electron chi connectivity index (χ1n) is 7.61. The zero-order chi connectivity index (χ0) is 13.9. The molecule has 0 saturated heterocycles. The number of rotatable bonds is 5. The molecule has 3 rings (SSSR count). The van der Waals surface area contributed by atoms with E-state index in [0.717, 1.165) is 36.5 Å². The molecule has 0 spiro atoms. The van der Waals surface area contributed by atoms with E-state index in [1.165, 1.54) is 41.5 Å². The molecule has 0 atom stereocenters. The number of aromatic nitrogens is 1. The third-order valence-electron chi connectivity index (χ3n) is 4.12. The molecule has 0 bridgehead atoms. The molecule has 0 radical (unpaired) electrons. The van der Waals surface area contributed by atoms with Crippen molar-refractivity contribution in [3.63, 3.8) is 0 Å². The molecule has 20 heavy (non-hydrogen) atoms. The predicted molar refractivity (Wildman–Crippen MR) is 85.4 cm³/mol. The quantitative estimate of drug-likeness (QED) is 0.831. The lowest BCUT2D eigenvalue weighted by Crippen LogP contribution is -2.16. The summed E-state index contributed by atoms with van der Waals surface area (Å²) in [5, 5.41) is 5.57. The largest absolute Gasteiger partial charge is 0.313 e. The van der Waals surface area contributed by atoms with Gasteiger partial charge in [-0.05, 0) is 49.4 Å². The Bertz CT molecular complexity index is 622. The van der Waals surface area contributed by atoms with Crippen LogP contribution in [0.1, 0.15) is 43.0 Å². The van der Waals surface area contributed by atoms with Gasteiger partial charge in [0, 0.05) is 17.6 Å². The zero-order valence-electron chi connectivity index (χ0n) is 12.0. The molecule has 1 aliphatic rings. The molecule has 1 aromatic carbocycles. The molecule has 0 unspecified atom stereocenters. The summed E-state index contributed by atoms with van der Waals surface area (Å²) in [5.41, 5.74) is 5.12. The van der Waals surface area contributed by atoms with Crippen molar-refractivity contribution in [3.05, 3.63) is 40.0 Å². The average Bonchev–Trinajstić information content (AvgIpc) is 2.92. The Morgan fingerprint density at radius 3 is 3.05 bits per heavy atom. The van der Waals surface area contributed by atoms with E-state index < -0.39 is 0 Å². The van der Waals surface area contributed by atoms with Crippen LogP contribution in [0, 0.1) is 0 Å². The van der Waals surface area contributed by atoms with E-state index in [9.17, 15) is 0 Å². The molecule has 106 valence electrons. The average molecular weight is 289 g/mol. The summed E-state index contributed by atoms with van der Waals surface area (Å²) in [6.45, 7) is 4.23. The first-order chi connectivity index (χ1) is 9.81. The number of hydrogen-bond acceptors (Lipinski definition) is 2. The van der Waals surface area contributed by atoms with E-state index in [4.69, 9.17) is 16.6 Å². The van der Waals surface area contributed by atoms with Gasteiger partial charge in [-0.1, -0.05) is 37.1 Å². The minimum absolute atomic E-state index is 0.770. The lowest BCUT2D eigenvalue weighted by Gasteiger charge is -2.14. The molecule has 0 fully saturated rings. The maximum Gasteiger partial charge on any atom is 0.0894 e. The highest BCUT2D eigenvalue weighted by molar-refractivity contribution is 6.35. The number of benzene rings is 1. The van der Waals surface area contributed by atoms with E-state index >= 15 is 0 Å². The van der Waals surface area contributed by atoms with Crippen molar-refractivity contribution >= 4 is 22.5 Å². The van der Waals surface area contributed by atoms with Gasteiger partial charge in [-0.25, -0.2) is 0 Å². The molecule has 0 saturated carbocycles. The van der Waals surface area contributed by atoms with Crippen LogP contribution < -0.4 is 5.32 Å². The van der Waals surface area contributed by atoms with E-state index in [2.05, 4.69) is 18.3 Å². The summed E-state index contributed by atoms with van der Waals surface area (Å²) < 4.78 is 0. The van der Waals surface area contributed by atoms with E-state index in [1.807, 2.05) is 12.1 Å². The van der Waals surface area contributed by atoms with Crippen molar-refractivity contribution < 1.29 is 0 Å². The van der Waals surface area contributed by atoms with Gasteiger partial charge in [0.15, 0.2) is 0 Å². The Balaban J connectivity index is 2.01. The second kappa shape index (κ2) is 6.11. The molecule has 1 heterocycles. The van der Waals surface area contributed by atoms with Crippen LogP contribution >= 0.6 is 11.6 Å². The number of pyridine rings is 1. The Morgan fingerprint density at radius 1 is 1.30 bits per heavy atom. The zero-order valence-corrected chi connectivity index (χ0v) is 12.8. The van der Waals surface area contributed by atoms with Crippen LogP contribution in [0.2, 0.25) is 5.02 Å². The van der Waals surface area contributed by atoms with Crippen LogP contribution in [0.25, 0.3) is 10.9 Å². The third-order valence-corrected chi connectivity index (χ3v) is 4.43. The number of nitrogens with one attached hydrogen (secondary N) is 1. The highest BCUT2D eigenvalue weighted by Crippen LogP contribution is 2.32. The van der Waals surface area contributed by atoms with Gasteiger partial charge >= 0.3 is 0 Å². The Kier molecular flexibility index (Phi) is 4.23. The van der Waals surface area contributed by atoms with E-state index in [1.54, 1.807) is 0 Å². The second-order valence-electron chi connectivity index (χ2n) is 5.54. The number of fused-ring (bicyclic) bond motifs is 2. The smallest absolute Gasteiger partial charge is 0.0894 e. The standard InChI is InChI=1S/C17H21ClN2/c1-2-3-10-19-11-14-12-6-5-9-16(12)20-17-13(14)7-4-8-15(17)18/h4,7-8,19H,2-3,5-6,9-11H2,1H3. The van der Waals surface area contributed by atoms with Crippen molar-refractivity contribution in [2.45, 2.75) is 45.6 Å². The molecular weight excluding hydrogens is 268 g/mol. The lowest BCUT2D eigenvalue weighted by molar-refractivity contribution is 0.640. The first kappa shape index (κ1) is 13.8. The maximum atomic E-state index is 6.33. The first-order valence-corrected chi connectivity index (χ1v) is 7.98. The number of nitrogens with zero attached hydrogens (tertiary/aromatic N) is 1. The summed E-state index contributed by atoms with van der Waals surface area (Å²) in [5.74, 6) is 0. The topological polar surface area (TPSA) is 24.9 Å². The van der Waals surface area contributed by atoms with Crippen molar-refractivity contribution in [2.24, 2.45) is 0 Å². The predicted octanol–water partition coefficient (Wildman–Crippen LogP) is 4.27. The van der Waals surface area contributed by atoms with Crippen LogP contribution in [-0.4, -0.2) is 11.5 Å². The number of para-hydroxylation sites is 1. The van der Waals surface area contributed by atoms with Gasteiger partial charge in [-0.3, -0.25) is 4.98 Å². The second-order valence-corrected chi connectivity index (χ2v) is 5.94. The minimum atomic E-state index is 0.770. The Morgan fingerprint density at radius 2 is 2.20 bits per heavy atom. The third kappa shape index (κ3) is 2.55. The summed E-state index contributed by atoms with van der Waals surface area (Å²) in [4.78, 5) is 4.80. The molecule has 1 N–H and O–H groups in total. The van der Waals surface area contributed by atoms with Gasteiger partial charge in [-0.2, -0.15) is 0 Å². The number of hydrogen-bond donors (Lipinski definition) is 1. The molecule has 1 aliphatic carbocycles. The van der Waals surface area contributed by atoms with Gasteiger partial charge in [0.25, 0.3) is 0 Å². The fourth-order valence-electron chi connectivity index (χ4n) is 3.06. The lowest BCUT2D eigenvalue weighted by atomic mass is 10.0. The maximum absolute atomic E-state index is 6.33. The summed E-state index contributed by atoms with van der Waals surface area (Å²) >= 11 is 6.33. The Hall–Kier alpha value is -1.12. The Labute approximate surface area is 125 Å². The highest BCUT2D eigenvalue weighted by Gasteiger charge is 2.19. The van der Waals surface area contributed by atoms with Gasteiger partial charge in [0.1, 0.15) is 0 Å². The minimum Gasteiger partial charge on any atom is -0.313 e. The number of aryl methyl sites for hydroxylation is 1. The number of unbranched alkanes of at least 4 members (excludes halogenated alkanes) is 1. The van der Waals surface area contributed by atoms with Crippen LogP contribution in [0.5, 0.6) is 0 Å².